The molecule has 5 heteroatoms. The van der Waals surface area contributed by atoms with Gasteiger partial charge in [0.1, 0.15) is 17.5 Å². The molecule has 162 valence electrons. The number of nitrogens with zero attached hydrogens (tertiary/aromatic N) is 3. The second-order valence-electron chi connectivity index (χ2n) is 7.29. The highest BCUT2D eigenvalue weighted by atomic mass is 19.1. The number of allylic oxidation sites excluding steroid dienone is 1. The van der Waals surface area contributed by atoms with Crippen LogP contribution in [0.15, 0.2) is 91.2 Å². The van der Waals surface area contributed by atoms with E-state index in [1.54, 1.807) is 25.4 Å². The van der Waals surface area contributed by atoms with Crippen molar-refractivity contribution in [1.29, 1.82) is 0 Å². The number of benzene rings is 2. The first kappa shape index (κ1) is 22.8. The normalized spacial score (nSPS) is 12.0. The maximum absolute atomic E-state index is 14.3. The zero-order valence-electron chi connectivity index (χ0n) is 18.3. The van der Waals surface area contributed by atoms with Crippen molar-refractivity contribution in [3.05, 3.63) is 115 Å². The van der Waals surface area contributed by atoms with Crippen molar-refractivity contribution in [2.24, 2.45) is 4.99 Å². The van der Waals surface area contributed by atoms with Crippen molar-refractivity contribution in [2.45, 2.75) is 20.4 Å². The average Bonchev–Trinajstić information content (AvgIpc) is 2.78. The van der Waals surface area contributed by atoms with Gasteiger partial charge >= 0.3 is 0 Å². The second-order valence-corrected chi connectivity index (χ2v) is 7.29. The molecule has 0 saturated heterocycles. The number of pyridine rings is 1. The Morgan fingerprint density at radius 1 is 1.12 bits per heavy atom. The lowest BCUT2D eigenvalue weighted by atomic mass is 10.1. The van der Waals surface area contributed by atoms with E-state index in [0.29, 0.717) is 29.2 Å². The average molecular weight is 430 g/mol. The Morgan fingerprint density at radius 3 is 2.44 bits per heavy atom. The second kappa shape index (κ2) is 9.96. The van der Waals surface area contributed by atoms with Gasteiger partial charge in [-0.1, -0.05) is 44.0 Å². The van der Waals surface area contributed by atoms with Gasteiger partial charge in [-0.15, -0.1) is 0 Å². The number of aromatic nitrogens is 1. The summed E-state index contributed by atoms with van der Waals surface area (Å²) in [6.45, 7) is 15.5. The summed E-state index contributed by atoms with van der Waals surface area (Å²) in [6.07, 6.45) is 6.28. The van der Waals surface area contributed by atoms with E-state index >= 15 is 0 Å². The Labute approximate surface area is 187 Å². The first-order chi connectivity index (χ1) is 15.4. The molecule has 3 nitrogen and oxygen atoms in total. The zero-order valence-corrected chi connectivity index (χ0v) is 18.3. The maximum Gasteiger partial charge on any atom is 0.135 e. The highest BCUT2D eigenvalue weighted by Crippen LogP contribution is 2.25. The molecule has 1 heterocycles. The molecule has 3 aromatic rings. The summed E-state index contributed by atoms with van der Waals surface area (Å²) in [5, 5.41) is 1.03. The zero-order chi connectivity index (χ0) is 23.3. The van der Waals surface area contributed by atoms with Crippen molar-refractivity contribution in [3.63, 3.8) is 0 Å². The van der Waals surface area contributed by atoms with Crippen LogP contribution < -0.4 is 0 Å². The lowest BCUT2D eigenvalue weighted by Gasteiger charge is -2.23. The minimum Gasteiger partial charge on any atom is -0.329 e. The van der Waals surface area contributed by atoms with E-state index in [1.165, 1.54) is 12.1 Å². The standard InChI is InChI=1S/C27H25F2N3/c1-6-22-23(28)15-21(16-24(22)29)25(7-2)31-27(18(4)5)32(8-3)17-19-11-12-26-20(14-19)10-9-13-30-26/h6-16H,1,3-4,17H2,2,5H3/b25-7-,31-27?. The van der Waals surface area contributed by atoms with Crippen molar-refractivity contribution >= 4 is 28.5 Å². The monoisotopic (exact) mass is 429 g/mol. The van der Waals surface area contributed by atoms with E-state index in [-0.39, 0.29) is 5.56 Å². The number of hydrogen-bond donors (Lipinski definition) is 0. The topological polar surface area (TPSA) is 28.5 Å². The lowest BCUT2D eigenvalue weighted by molar-refractivity contribution is 0.554. The van der Waals surface area contributed by atoms with Gasteiger partial charge in [-0.2, -0.15) is 0 Å². The Kier molecular flexibility index (Phi) is 7.11. The predicted molar refractivity (Wildman–Crippen MR) is 130 cm³/mol. The number of hydrogen-bond acceptors (Lipinski definition) is 2. The van der Waals surface area contributed by atoms with Gasteiger partial charge in [-0.05, 0) is 61.5 Å². The van der Waals surface area contributed by atoms with Crippen molar-refractivity contribution in [2.75, 3.05) is 0 Å². The maximum atomic E-state index is 14.3. The van der Waals surface area contributed by atoms with Crippen LogP contribution in [-0.2, 0) is 6.54 Å². The molecule has 0 amide bonds. The largest absolute Gasteiger partial charge is 0.329 e. The highest BCUT2D eigenvalue weighted by Gasteiger charge is 2.15. The molecule has 32 heavy (non-hydrogen) atoms. The molecule has 0 bridgehead atoms. The van der Waals surface area contributed by atoms with Crippen LogP contribution in [0.1, 0.15) is 30.5 Å². The molecule has 0 N–H and O–H groups in total. The van der Waals surface area contributed by atoms with Crippen LogP contribution in [0, 0.1) is 11.6 Å². The van der Waals surface area contributed by atoms with Crippen molar-refractivity contribution in [1.82, 2.24) is 9.88 Å². The number of fused-ring (bicyclic) bond motifs is 1. The van der Waals surface area contributed by atoms with Gasteiger partial charge in [0.25, 0.3) is 0 Å². The summed E-state index contributed by atoms with van der Waals surface area (Å²) in [5.74, 6) is -0.827. The van der Waals surface area contributed by atoms with Crippen LogP contribution >= 0.6 is 0 Å². The van der Waals surface area contributed by atoms with Crippen LogP contribution in [0.4, 0.5) is 8.78 Å². The third-order valence-electron chi connectivity index (χ3n) is 4.97. The third kappa shape index (κ3) is 4.89. The van der Waals surface area contributed by atoms with Crippen molar-refractivity contribution < 1.29 is 8.78 Å². The molecular weight excluding hydrogens is 404 g/mol. The van der Waals surface area contributed by atoms with Crippen LogP contribution in [-0.4, -0.2) is 15.7 Å². The molecule has 2 aromatic carbocycles. The smallest absolute Gasteiger partial charge is 0.135 e. The van der Waals surface area contributed by atoms with E-state index in [2.05, 4.69) is 30.8 Å². The Hall–Kier alpha value is -3.86. The van der Waals surface area contributed by atoms with E-state index < -0.39 is 11.6 Å². The number of amidine groups is 1. The number of aliphatic imine (C=N–C) groups is 1. The Bertz CT molecular complexity index is 1230. The summed E-state index contributed by atoms with van der Waals surface area (Å²) < 4.78 is 28.6. The first-order valence-corrected chi connectivity index (χ1v) is 10.1. The molecule has 0 atom stereocenters. The van der Waals surface area contributed by atoms with Gasteiger partial charge in [0.05, 0.1) is 11.2 Å². The lowest BCUT2D eigenvalue weighted by Crippen LogP contribution is -2.26. The highest BCUT2D eigenvalue weighted by molar-refractivity contribution is 6.01. The molecule has 0 saturated carbocycles. The summed E-state index contributed by atoms with van der Waals surface area (Å²) >= 11 is 0. The Balaban J connectivity index is 1.99. The summed E-state index contributed by atoms with van der Waals surface area (Å²) in [5.41, 5.74) is 3.23. The fourth-order valence-electron chi connectivity index (χ4n) is 3.39. The van der Waals surface area contributed by atoms with Crippen molar-refractivity contribution in [3.8, 4) is 0 Å². The molecule has 0 unspecified atom stereocenters. The molecular formula is C27H25F2N3. The molecule has 0 spiro atoms. The molecule has 0 radical (unpaired) electrons. The summed E-state index contributed by atoms with van der Waals surface area (Å²) in [4.78, 5) is 10.9. The van der Waals surface area contributed by atoms with Crippen LogP contribution in [0.25, 0.3) is 22.7 Å². The van der Waals surface area contributed by atoms with Gasteiger partial charge in [0, 0.05) is 29.3 Å². The van der Waals surface area contributed by atoms with Gasteiger partial charge in [0.15, 0.2) is 0 Å². The van der Waals surface area contributed by atoms with Gasteiger partial charge in [0.2, 0.25) is 0 Å². The quantitative estimate of drug-likeness (QED) is 0.295. The van der Waals surface area contributed by atoms with Gasteiger partial charge in [-0.25, -0.2) is 13.8 Å². The predicted octanol–water partition coefficient (Wildman–Crippen LogP) is 7.14. The van der Waals surface area contributed by atoms with Gasteiger partial charge < -0.3 is 4.90 Å². The fourth-order valence-corrected chi connectivity index (χ4v) is 3.39. The first-order valence-electron chi connectivity index (χ1n) is 10.1. The molecule has 0 aliphatic rings. The fraction of sp³-hybridized carbons (Fsp3) is 0.111. The van der Waals surface area contributed by atoms with Crippen LogP contribution in [0.3, 0.4) is 0 Å². The Morgan fingerprint density at radius 2 is 1.84 bits per heavy atom. The third-order valence-corrected chi connectivity index (χ3v) is 4.97. The van der Waals surface area contributed by atoms with E-state index in [0.717, 1.165) is 22.5 Å². The molecule has 3 rings (SSSR count). The SMILES string of the molecule is C=Cc1c(F)cc(/C(=C/C)N=C(C(=C)C)N(C=C)Cc2ccc3ncccc3c2)cc1F. The van der Waals surface area contributed by atoms with E-state index in [9.17, 15) is 8.78 Å². The van der Waals surface area contributed by atoms with Crippen LogP contribution in [0.2, 0.25) is 0 Å². The van der Waals surface area contributed by atoms with E-state index in [1.807, 2.05) is 36.1 Å². The molecule has 1 aromatic heterocycles. The van der Waals surface area contributed by atoms with Gasteiger partial charge in [-0.3, -0.25) is 4.98 Å². The molecule has 0 fully saturated rings. The minimum absolute atomic E-state index is 0.160. The number of halogens is 2. The molecule has 0 aliphatic heterocycles. The van der Waals surface area contributed by atoms with E-state index in [4.69, 9.17) is 4.99 Å². The molecule has 0 aliphatic carbocycles. The number of rotatable bonds is 7. The minimum atomic E-state index is -0.688. The summed E-state index contributed by atoms with van der Waals surface area (Å²) in [6, 6.07) is 12.4. The van der Waals surface area contributed by atoms with Crippen LogP contribution in [0.5, 0.6) is 0 Å². The summed E-state index contributed by atoms with van der Waals surface area (Å²) in [7, 11) is 0.